The standard InChI is InChI=1S/C9H9NO4.CH4/c1-6-3-7(2)9(10(12)13)8(4-6)14-5-11;/h3-5H,1-2H3;1H4. The normalized spacial score (nSPS) is 8.93. The van der Waals surface area contributed by atoms with Crippen LogP contribution in [0.25, 0.3) is 0 Å². The predicted octanol–water partition coefficient (Wildman–Crippen LogP) is 2.38. The van der Waals surface area contributed by atoms with Gasteiger partial charge in [-0.1, -0.05) is 7.43 Å². The highest BCUT2D eigenvalue weighted by Crippen LogP contribution is 2.31. The number of carbonyl (C=O) groups excluding carboxylic acids is 1. The van der Waals surface area contributed by atoms with Crippen molar-refractivity contribution in [3.05, 3.63) is 33.4 Å². The van der Waals surface area contributed by atoms with E-state index >= 15 is 0 Å². The quantitative estimate of drug-likeness (QED) is 0.437. The highest BCUT2D eigenvalue weighted by atomic mass is 16.6. The van der Waals surface area contributed by atoms with Crippen molar-refractivity contribution in [1.29, 1.82) is 0 Å². The SMILES string of the molecule is C.Cc1cc(C)c([N+](=O)[O-])c(OC=O)c1. The third-order valence-electron chi connectivity index (χ3n) is 1.77. The Morgan fingerprint density at radius 2 is 2.00 bits per heavy atom. The largest absolute Gasteiger partial charge is 0.421 e. The molecular formula is C10H13NO4. The van der Waals surface area contributed by atoms with Crippen molar-refractivity contribution in [2.75, 3.05) is 0 Å². The molecule has 0 amide bonds. The van der Waals surface area contributed by atoms with Crippen LogP contribution in [0.15, 0.2) is 12.1 Å². The highest BCUT2D eigenvalue weighted by molar-refractivity contribution is 5.59. The van der Waals surface area contributed by atoms with Gasteiger partial charge >= 0.3 is 5.69 Å². The van der Waals surface area contributed by atoms with Crippen LogP contribution in [-0.2, 0) is 4.79 Å². The van der Waals surface area contributed by atoms with Gasteiger partial charge < -0.3 is 4.74 Å². The van der Waals surface area contributed by atoms with E-state index in [0.717, 1.165) is 5.56 Å². The van der Waals surface area contributed by atoms with Crippen molar-refractivity contribution in [1.82, 2.24) is 0 Å². The number of benzene rings is 1. The summed E-state index contributed by atoms with van der Waals surface area (Å²) in [6.45, 7) is 3.55. The molecule has 0 radical (unpaired) electrons. The fourth-order valence-electron chi connectivity index (χ4n) is 1.30. The Bertz CT molecular complexity index is 387. The summed E-state index contributed by atoms with van der Waals surface area (Å²) in [6, 6.07) is 3.12. The molecule has 0 aliphatic heterocycles. The average Bonchev–Trinajstić information content (AvgIpc) is 2.01. The van der Waals surface area contributed by atoms with Crippen LogP contribution in [-0.4, -0.2) is 11.4 Å². The summed E-state index contributed by atoms with van der Waals surface area (Å²) in [6.07, 6.45) is 0. The summed E-state index contributed by atoms with van der Waals surface area (Å²) >= 11 is 0. The molecule has 0 bridgehead atoms. The lowest BCUT2D eigenvalue weighted by Crippen LogP contribution is -1.98. The molecule has 1 aromatic rings. The molecule has 5 heteroatoms. The van der Waals surface area contributed by atoms with E-state index in [1.807, 2.05) is 0 Å². The number of hydrogen-bond acceptors (Lipinski definition) is 4. The van der Waals surface area contributed by atoms with Crippen LogP contribution < -0.4 is 4.74 Å². The third kappa shape index (κ3) is 2.77. The lowest BCUT2D eigenvalue weighted by atomic mass is 10.1. The maximum atomic E-state index is 10.6. The van der Waals surface area contributed by atoms with Crippen LogP contribution in [0.4, 0.5) is 5.69 Å². The summed E-state index contributed by atoms with van der Waals surface area (Å²) in [4.78, 5) is 20.2. The first-order valence-corrected chi connectivity index (χ1v) is 3.92. The number of ether oxygens (including phenoxy) is 1. The topological polar surface area (TPSA) is 69.4 Å². The maximum Gasteiger partial charge on any atom is 0.314 e. The smallest absolute Gasteiger partial charge is 0.314 e. The van der Waals surface area contributed by atoms with E-state index in [2.05, 4.69) is 4.74 Å². The Balaban J connectivity index is 0.00000196. The number of aryl methyl sites for hydroxylation is 2. The van der Waals surface area contributed by atoms with Crippen molar-refractivity contribution in [3.63, 3.8) is 0 Å². The minimum absolute atomic E-state index is 0. The average molecular weight is 211 g/mol. The molecule has 0 unspecified atom stereocenters. The van der Waals surface area contributed by atoms with Gasteiger partial charge in [-0.2, -0.15) is 0 Å². The van der Waals surface area contributed by atoms with Gasteiger partial charge in [0, 0.05) is 5.56 Å². The Morgan fingerprint density at radius 1 is 1.40 bits per heavy atom. The second-order valence-electron chi connectivity index (χ2n) is 2.90. The van der Waals surface area contributed by atoms with E-state index < -0.39 is 4.92 Å². The Hall–Kier alpha value is -1.91. The van der Waals surface area contributed by atoms with E-state index in [1.165, 1.54) is 6.07 Å². The van der Waals surface area contributed by atoms with Crippen molar-refractivity contribution in [3.8, 4) is 5.75 Å². The number of nitro groups is 1. The molecule has 0 saturated heterocycles. The zero-order valence-corrected chi connectivity index (χ0v) is 7.81. The number of hydrogen-bond donors (Lipinski definition) is 0. The van der Waals surface area contributed by atoms with Gasteiger partial charge in [-0.15, -0.1) is 0 Å². The molecule has 0 fully saturated rings. The van der Waals surface area contributed by atoms with Crippen molar-refractivity contribution < 1.29 is 14.5 Å². The van der Waals surface area contributed by atoms with Gasteiger partial charge in [-0.05, 0) is 31.5 Å². The molecule has 0 spiro atoms. The molecule has 1 aromatic carbocycles. The van der Waals surface area contributed by atoms with E-state index in [1.54, 1.807) is 19.9 Å². The zero-order chi connectivity index (χ0) is 10.7. The molecule has 15 heavy (non-hydrogen) atoms. The van der Waals surface area contributed by atoms with E-state index in [-0.39, 0.29) is 25.3 Å². The molecule has 1 rings (SSSR count). The molecule has 0 aromatic heterocycles. The number of nitrogens with zero attached hydrogens (tertiary/aromatic N) is 1. The van der Waals surface area contributed by atoms with Gasteiger partial charge in [0.2, 0.25) is 5.75 Å². The Labute approximate surface area is 87.8 Å². The number of nitro benzene ring substituents is 1. The molecule has 5 nitrogen and oxygen atoms in total. The summed E-state index contributed by atoms with van der Waals surface area (Å²) in [5, 5.41) is 10.6. The monoisotopic (exact) mass is 211 g/mol. The lowest BCUT2D eigenvalue weighted by molar-refractivity contribution is -0.386. The van der Waals surface area contributed by atoms with Crippen molar-refractivity contribution in [2.45, 2.75) is 21.3 Å². The number of carbonyl (C=O) groups is 1. The van der Waals surface area contributed by atoms with Gasteiger partial charge in [0.15, 0.2) is 0 Å². The summed E-state index contributed by atoms with van der Waals surface area (Å²) in [5.74, 6) is -0.0116. The first kappa shape index (κ1) is 13.1. The molecule has 0 aliphatic rings. The predicted molar refractivity (Wildman–Crippen MR) is 56.0 cm³/mol. The van der Waals surface area contributed by atoms with Gasteiger partial charge in [0.05, 0.1) is 4.92 Å². The van der Waals surface area contributed by atoms with Crippen LogP contribution in [0.1, 0.15) is 18.6 Å². The fourth-order valence-corrected chi connectivity index (χ4v) is 1.30. The van der Waals surface area contributed by atoms with Gasteiger partial charge in [0.1, 0.15) is 0 Å². The van der Waals surface area contributed by atoms with Crippen molar-refractivity contribution in [2.24, 2.45) is 0 Å². The molecule has 0 aliphatic carbocycles. The maximum absolute atomic E-state index is 10.6. The van der Waals surface area contributed by atoms with Crippen LogP contribution in [0.2, 0.25) is 0 Å². The molecule has 0 N–H and O–H groups in total. The molecule has 0 heterocycles. The van der Waals surface area contributed by atoms with Crippen LogP contribution in [0, 0.1) is 24.0 Å². The van der Waals surface area contributed by atoms with Gasteiger partial charge in [-0.25, -0.2) is 0 Å². The minimum atomic E-state index is -0.562. The van der Waals surface area contributed by atoms with E-state index in [9.17, 15) is 14.9 Å². The van der Waals surface area contributed by atoms with Crippen LogP contribution >= 0.6 is 0 Å². The summed E-state index contributed by atoms with van der Waals surface area (Å²) in [7, 11) is 0. The zero-order valence-electron chi connectivity index (χ0n) is 7.81. The Kier molecular flexibility index (Phi) is 4.44. The van der Waals surface area contributed by atoms with Crippen LogP contribution in [0.3, 0.4) is 0 Å². The molecule has 0 atom stereocenters. The molecular weight excluding hydrogens is 198 g/mol. The second-order valence-corrected chi connectivity index (χ2v) is 2.90. The Morgan fingerprint density at radius 3 is 2.47 bits per heavy atom. The van der Waals surface area contributed by atoms with E-state index in [0.29, 0.717) is 5.56 Å². The number of rotatable bonds is 3. The molecule has 0 saturated carbocycles. The minimum Gasteiger partial charge on any atom is -0.421 e. The summed E-state index contributed by atoms with van der Waals surface area (Å²) in [5.41, 5.74) is 1.12. The van der Waals surface area contributed by atoms with Gasteiger partial charge in [0.25, 0.3) is 6.47 Å². The third-order valence-corrected chi connectivity index (χ3v) is 1.77. The van der Waals surface area contributed by atoms with Crippen LogP contribution in [0.5, 0.6) is 5.75 Å². The second kappa shape index (κ2) is 5.09. The highest BCUT2D eigenvalue weighted by Gasteiger charge is 2.19. The first-order chi connectivity index (χ1) is 6.56. The fraction of sp³-hybridized carbons (Fsp3) is 0.300. The lowest BCUT2D eigenvalue weighted by Gasteiger charge is -2.04. The van der Waals surface area contributed by atoms with E-state index in [4.69, 9.17) is 0 Å². The van der Waals surface area contributed by atoms with Gasteiger partial charge in [-0.3, -0.25) is 14.9 Å². The first-order valence-electron chi connectivity index (χ1n) is 3.92. The molecule has 82 valence electrons. The summed E-state index contributed by atoms with van der Waals surface area (Å²) < 4.78 is 4.54. The van der Waals surface area contributed by atoms with Crippen molar-refractivity contribution >= 4 is 12.2 Å².